The van der Waals surface area contributed by atoms with Gasteiger partial charge in [-0.05, 0) is 31.2 Å². The first kappa shape index (κ1) is 17.4. The lowest BCUT2D eigenvalue weighted by molar-refractivity contribution is 0.0438. The Bertz CT molecular complexity index is 943. The van der Waals surface area contributed by atoms with Crippen LogP contribution in [0.25, 0.3) is 11.5 Å². The van der Waals surface area contributed by atoms with Crippen molar-refractivity contribution in [1.82, 2.24) is 10.2 Å². The highest BCUT2D eigenvalue weighted by Crippen LogP contribution is 2.25. The van der Waals surface area contributed by atoms with Gasteiger partial charge in [-0.15, -0.1) is 10.2 Å². The number of aromatic nitrogens is 2. The third-order valence-corrected chi connectivity index (χ3v) is 3.89. The number of rotatable bonds is 4. The fourth-order valence-corrected chi connectivity index (χ4v) is 2.55. The maximum Gasteiger partial charge on any atom is 0.340 e. The molecule has 0 aliphatic heterocycles. The minimum absolute atomic E-state index is 0.0117. The van der Waals surface area contributed by atoms with Crippen LogP contribution in [0.15, 0.2) is 40.8 Å². The van der Waals surface area contributed by atoms with E-state index in [0.717, 1.165) is 23.3 Å². The first-order valence-electron chi connectivity index (χ1n) is 7.15. The second-order valence-electron chi connectivity index (χ2n) is 5.19. The van der Waals surface area contributed by atoms with Gasteiger partial charge in [0.25, 0.3) is 5.89 Å². The quantitative estimate of drug-likeness (QED) is 0.478. The SMILES string of the molecule is Cc1cccc(-c2nnc(COC(=O)c3cc(F)c(Cl)cc3Cl)o2)c1. The first-order chi connectivity index (χ1) is 11.9. The molecule has 0 fully saturated rings. The van der Waals surface area contributed by atoms with Crippen molar-refractivity contribution in [3.63, 3.8) is 0 Å². The minimum atomic E-state index is -0.823. The maximum atomic E-state index is 13.5. The van der Waals surface area contributed by atoms with Gasteiger partial charge in [0.05, 0.1) is 15.6 Å². The fourth-order valence-electron chi connectivity index (χ4n) is 2.09. The van der Waals surface area contributed by atoms with Gasteiger partial charge in [-0.1, -0.05) is 40.9 Å². The number of benzene rings is 2. The third kappa shape index (κ3) is 3.97. The molecule has 5 nitrogen and oxygen atoms in total. The normalized spacial score (nSPS) is 10.7. The number of carbonyl (C=O) groups excluding carboxylic acids is 1. The fraction of sp³-hybridized carbons (Fsp3) is 0.118. The van der Waals surface area contributed by atoms with Gasteiger partial charge in [-0.2, -0.15) is 0 Å². The van der Waals surface area contributed by atoms with E-state index in [1.165, 1.54) is 0 Å². The predicted molar refractivity (Wildman–Crippen MR) is 90.0 cm³/mol. The second kappa shape index (κ2) is 7.21. The molecule has 0 saturated heterocycles. The zero-order valence-corrected chi connectivity index (χ0v) is 14.4. The van der Waals surface area contributed by atoms with Crippen molar-refractivity contribution in [2.75, 3.05) is 0 Å². The number of carbonyl (C=O) groups is 1. The van der Waals surface area contributed by atoms with E-state index in [4.69, 9.17) is 32.4 Å². The van der Waals surface area contributed by atoms with Crippen molar-refractivity contribution in [3.8, 4) is 11.5 Å². The van der Waals surface area contributed by atoms with Crippen molar-refractivity contribution >= 4 is 29.2 Å². The highest BCUT2D eigenvalue weighted by atomic mass is 35.5. The second-order valence-corrected chi connectivity index (χ2v) is 6.01. The van der Waals surface area contributed by atoms with Gasteiger partial charge in [0.15, 0.2) is 6.61 Å². The zero-order valence-electron chi connectivity index (χ0n) is 12.9. The summed E-state index contributed by atoms with van der Waals surface area (Å²) in [7, 11) is 0. The molecule has 128 valence electrons. The molecule has 1 heterocycles. The maximum absolute atomic E-state index is 13.5. The lowest BCUT2D eigenvalue weighted by Crippen LogP contribution is -2.07. The van der Waals surface area contributed by atoms with Crippen LogP contribution >= 0.6 is 23.2 Å². The molecule has 0 N–H and O–H groups in total. The number of aryl methyl sites for hydroxylation is 1. The summed E-state index contributed by atoms with van der Waals surface area (Å²) in [6, 6.07) is 9.58. The van der Waals surface area contributed by atoms with Gasteiger partial charge in [0.2, 0.25) is 5.89 Å². The van der Waals surface area contributed by atoms with Crippen molar-refractivity contribution in [3.05, 3.63) is 69.3 Å². The van der Waals surface area contributed by atoms with Crippen LogP contribution in [0.4, 0.5) is 4.39 Å². The summed E-state index contributed by atoms with van der Waals surface area (Å²) in [5, 5.41) is 7.54. The number of ether oxygens (including phenoxy) is 1. The van der Waals surface area contributed by atoms with Crippen LogP contribution in [-0.2, 0) is 11.3 Å². The topological polar surface area (TPSA) is 65.2 Å². The summed E-state index contributed by atoms with van der Waals surface area (Å²) in [5.41, 5.74) is 1.66. The van der Waals surface area contributed by atoms with Crippen molar-refractivity contribution in [2.24, 2.45) is 0 Å². The summed E-state index contributed by atoms with van der Waals surface area (Å²) in [5.74, 6) is -1.17. The highest BCUT2D eigenvalue weighted by molar-refractivity contribution is 6.36. The van der Waals surface area contributed by atoms with Crippen LogP contribution in [0.3, 0.4) is 0 Å². The molecular weight excluding hydrogens is 370 g/mol. The Morgan fingerprint density at radius 3 is 2.76 bits per heavy atom. The first-order valence-corrected chi connectivity index (χ1v) is 7.90. The van der Waals surface area contributed by atoms with Gasteiger partial charge in [0.1, 0.15) is 5.82 Å². The number of nitrogens with zero attached hydrogens (tertiary/aromatic N) is 2. The van der Waals surface area contributed by atoms with Crippen molar-refractivity contribution in [2.45, 2.75) is 13.5 Å². The lowest BCUT2D eigenvalue weighted by atomic mass is 10.1. The molecule has 0 unspecified atom stereocenters. The zero-order chi connectivity index (χ0) is 18.0. The molecule has 0 aliphatic rings. The minimum Gasteiger partial charge on any atom is -0.452 e. The van der Waals surface area contributed by atoms with Gasteiger partial charge in [-0.3, -0.25) is 0 Å². The number of hydrogen-bond acceptors (Lipinski definition) is 5. The monoisotopic (exact) mass is 380 g/mol. The molecule has 0 saturated carbocycles. The van der Waals surface area contributed by atoms with Gasteiger partial charge in [-0.25, -0.2) is 9.18 Å². The van der Waals surface area contributed by atoms with E-state index in [2.05, 4.69) is 10.2 Å². The summed E-state index contributed by atoms with van der Waals surface area (Å²) in [6.45, 7) is 1.68. The molecule has 0 atom stereocenters. The Hall–Kier alpha value is -2.44. The average molecular weight is 381 g/mol. The van der Waals surface area contributed by atoms with Gasteiger partial charge < -0.3 is 9.15 Å². The average Bonchev–Trinajstić information content (AvgIpc) is 3.05. The molecular formula is C17H11Cl2FN2O3. The lowest BCUT2D eigenvalue weighted by Gasteiger charge is -2.05. The van der Waals surface area contributed by atoms with E-state index in [-0.39, 0.29) is 28.1 Å². The van der Waals surface area contributed by atoms with Crippen molar-refractivity contribution < 1.29 is 18.3 Å². The molecule has 3 rings (SSSR count). The third-order valence-electron chi connectivity index (χ3n) is 3.29. The van der Waals surface area contributed by atoms with E-state index < -0.39 is 11.8 Å². The molecule has 25 heavy (non-hydrogen) atoms. The molecule has 1 aromatic heterocycles. The highest BCUT2D eigenvalue weighted by Gasteiger charge is 2.17. The predicted octanol–water partition coefficient (Wildman–Crippen LogP) is 4.85. The molecule has 0 amide bonds. The molecule has 0 radical (unpaired) electrons. The Balaban J connectivity index is 1.70. The molecule has 2 aromatic carbocycles. The van der Waals surface area contributed by atoms with Crippen LogP contribution in [0, 0.1) is 12.7 Å². The van der Waals surface area contributed by atoms with E-state index in [9.17, 15) is 9.18 Å². The van der Waals surface area contributed by atoms with Crippen molar-refractivity contribution in [1.29, 1.82) is 0 Å². The van der Waals surface area contributed by atoms with Gasteiger partial charge in [0, 0.05) is 5.56 Å². The Labute approximate surface area is 152 Å². The Kier molecular flexibility index (Phi) is 5.01. The summed E-state index contributed by atoms with van der Waals surface area (Å²) < 4.78 is 24.0. The molecule has 3 aromatic rings. The summed E-state index contributed by atoms with van der Waals surface area (Å²) >= 11 is 11.5. The number of esters is 1. The summed E-state index contributed by atoms with van der Waals surface area (Å²) in [6.07, 6.45) is 0. The molecule has 8 heteroatoms. The smallest absolute Gasteiger partial charge is 0.340 e. The summed E-state index contributed by atoms with van der Waals surface area (Å²) in [4.78, 5) is 12.0. The van der Waals surface area contributed by atoms with Crippen LogP contribution < -0.4 is 0 Å². The standard InChI is InChI=1S/C17H11Cl2FN2O3/c1-9-3-2-4-10(5-9)16-22-21-15(25-16)8-24-17(23)11-6-14(20)13(19)7-12(11)18/h2-7H,8H2,1H3. The van der Waals surface area contributed by atoms with E-state index in [1.807, 2.05) is 31.2 Å². The molecule has 0 bridgehead atoms. The Morgan fingerprint density at radius 1 is 1.20 bits per heavy atom. The van der Waals surface area contributed by atoms with Crippen LogP contribution in [-0.4, -0.2) is 16.2 Å². The van der Waals surface area contributed by atoms with Crippen LogP contribution in [0.1, 0.15) is 21.8 Å². The molecule has 0 aliphatic carbocycles. The van der Waals surface area contributed by atoms with Crippen LogP contribution in [0.2, 0.25) is 10.0 Å². The largest absolute Gasteiger partial charge is 0.452 e. The Morgan fingerprint density at radius 2 is 2.00 bits per heavy atom. The van der Waals surface area contributed by atoms with Crippen LogP contribution in [0.5, 0.6) is 0 Å². The number of halogens is 3. The molecule has 0 spiro atoms. The van der Waals surface area contributed by atoms with E-state index in [0.29, 0.717) is 5.89 Å². The van der Waals surface area contributed by atoms with Gasteiger partial charge >= 0.3 is 5.97 Å². The van der Waals surface area contributed by atoms with E-state index >= 15 is 0 Å². The number of hydrogen-bond donors (Lipinski definition) is 0. The van der Waals surface area contributed by atoms with E-state index in [1.54, 1.807) is 0 Å².